The number of carbonyl (C=O) groups excluding carboxylic acids is 1. The second-order valence-corrected chi connectivity index (χ2v) is 11.0. The summed E-state index contributed by atoms with van der Waals surface area (Å²) in [6.45, 7) is 4.42. The molecule has 9 heteroatoms. The predicted octanol–water partition coefficient (Wildman–Crippen LogP) is 5.67. The highest BCUT2D eigenvalue weighted by Gasteiger charge is 2.34. The highest BCUT2D eigenvalue weighted by atomic mass is 79.9. The van der Waals surface area contributed by atoms with Crippen molar-refractivity contribution < 1.29 is 13.2 Å². The number of nitrogens with zero attached hydrogens (tertiary/aromatic N) is 1. The second-order valence-electron chi connectivity index (χ2n) is 7.38. The van der Waals surface area contributed by atoms with E-state index in [1.54, 1.807) is 6.07 Å². The van der Waals surface area contributed by atoms with Crippen LogP contribution in [-0.2, 0) is 21.2 Å². The maximum absolute atomic E-state index is 13.1. The number of rotatable bonds is 5. The summed E-state index contributed by atoms with van der Waals surface area (Å²) >= 11 is 15.6. The van der Waals surface area contributed by atoms with Crippen molar-refractivity contribution in [3.8, 4) is 0 Å². The molecule has 0 radical (unpaired) electrons. The number of benzene rings is 2. The average Bonchev–Trinajstić information content (AvgIpc) is 2.71. The zero-order chi connectivity index (χ0) is 22.1. The summed E-state index contributed by atoms with van der Waals surface area (Å²) < 4.78 is 28.5. The maximum atomic E-state index is 13.1. The van der Waals surface area contributed by atoms with E-state index in [1.807, 2.05) is 26.0 Å². The lowest BCUT2D eigenvalue weighted by Gasteiger charge is -2.31. The van der Waals surface area contributed by atoms with Crippen molar-refractivity contribution in [3.63, 3.8) is 0 Å². The minimum absolute atomic E-state index is 0.0326. The minimum atomic E-state index is -3.85. The maximum Gasteiger partial charge on any atom is 0.244 e. The van der Waals surface area contributed by atoms with Gasteiger partial charge >= 0.3 is 0 Å². The summed E-state index contributed by atoms with van der Waals surface area (Å²) in [6, 6.07) is 8.30. The molecular weight excluding hydrogens is 511 g/mol. The first kappa shape index (κ1) is 23.5. The molecular formula is C21H23BrCl2N2O3S. The van der Waals surface area contributed by atoms with Crippen molar-refractivity contribution in [2.45, 2.75) is 38.0 Å². The first-order valence-electron chi connectivity index (χ1n) is 9.68. The summed E-state index contributed by atoms with van der Waals surface area (Å²) in [5.41, 5.74) is 2.78. The molecule has 1 aliphatic heterocycles. The molecule has 0 aliphatic carbocycles. The van der Waals surface area contributed by atoms with E-state index in [1.165, 1.54) is 16.4 Å². The van der Waals surface area contributed by atoms with Crippen LogP contribution in [0.1, 0.15) is 30.9 Å². The van der Waals surface area contributed by atoms with Gasteiger partial charge in [-0.2, -0.15) is 4.31 Å². The van der Waals surface area contributed by atoms with Gasteiger partial charge in [0, 0.05) is 28.3 Å². The summed E-state index contributed by atoms with van der Waals surface area (Å²) in [6.07, 6.45) is 1.99. The molecule has 1 amide bonds. The average molecular weight is 534 g/mol. The van der Waals surface area contributed by atoms with Gasteiger partial charge < -0.3 is 5.32 Å². The molecule has 0 spiro atoms. The van der Waals surface area contributed by atoms with Crippen LogP contribution in [0.3, 0.4) is 0 Å². The standard InChI is InChI=1S/C21H23BrCl2N2O3S/c1-3-14-10-16(22)9-13(2)20(14)25-21(27)15-5-4-8-26(12-15)30(28,29)19-11-17(23)6-7-18(19)24/h6-7,9-11,15H,3-5,8,12H2,1-2H3,(H,25,27)/t15-/m0/s1. The fourth-order valence-corrected chi connectivity index (χ4v) is 6.56. The van der Waals surface area contributed by atoms with Crippen LogP contribution in [0.4, 0.5) is 5.69 Å². The van der Waals surface area contributed by atoms with Gasteiger partial charge in [0.15, 0.2) is 0 Å². The van der Waals surface area contributed by atoms with Crippen molar-refractivity contribution in [1.82, 2.24) is 4.31 Å². The Morgan fingerprint density at radius 2 is 2.00 bits per heavy atom. The number of halogens is 3. The molecule has 2 aromatic carbocycles. The molecule has 1 atom stereocenters. The molecule has 0 saturated carbocycles. The number of hydrogen-bond donors (Lipinski definition) is 1. The van der Waals surface area contributed by atoms with Crippen LogP contribution in [0.15, 0.2) is 39.7 Å². The van der Waals surface area contributed by atoms with Gasteiger partial charge in [-0.1, -0.05) is 46.1 Å². The van der Waals surface area contributed by atoms with Crippen molar-refractivity contribution >= 4 is 60.7 Å². The Bertz CT molecular complexity index is 1080. The molecule has 0 bridgehead atoms. The van der Waals surface area contributed by atoms with Crippen molar-refractivity contribution in [2.24, 2.45) is 5.92 Å². The quantitative estimate of drug-likeness (QED) is 0.538. The molecule has 2 aromatic rings. The van der Waals surface area contributed by atoms with Crippen LogP contribution in [0.2, 0.25) is 10.0 Å². The van der Waals surface area contributed by atoms with Gasteiger partial charge in [0.25, 0.3) is 0 Å². The van der Waals surface area contributed by atoms with Gasteiger partial charge in [-0.25, -0.2) is 8.42 Å². The molecule has 3 rings (SSSR count). The van der Waals surface area contributed by atoms with Gasteiger partial charge in [-0.15, -0.1) is 0 Å². The first-order chi connectivity index (χ1) is 14.1. The van der Waals surface area contributed by atoms with E-state index in [2.05, 4.69) is 21.2 Å². The normalized spacial score (nSPS) is 17.7. The second kappa shape index (κ2) is 9.57. The van der Waals surface area contributed by atoms with Crippen molar-refractivity contribution in [2.75, 3.05) is 18.4 Å². The Labute approximate surface area is 195 Å². The van der Waals surface area contributed by atoms with Gasteiger partial charge in [0.05, 0.1) is 10.9 Å². The number of piperidine rings is 1. The molecule has 1 heterocycles. The fourth-order valence-electron chi connectivity index (χ4n) is 3.68. The van der Waals surface area contributed by atoms with E-state index in [9.17, 15) is 13.2 Å². The van der Waals surface area contributed by atoms with E-state index < -0.39 is 15.9 Å². The van der Waals surface area contributed by atoms with Gasteiger partial charge in [0.2, 0.25) is 15.9 Å². The molecule has 162 valence electrons. The van der Waals surface area contributed by atoms with Crippen LogP contribution in [0.25, 0.3) is 0 Å². The number of carbonyl (C=O) groups is 1. The Morgan fingerprint density at radius 3 is 2.70 bits per heavy atom. The van der Waals surface area contributed by atoms with Crippen LogP contribution in [0.5, 0.6) is 0 Å². The molecule has 5 nitrogen and oxygen atoms in total. The van der Waals surface area contributed by atoms with E-state index in [0.717, 1.165) is 27.7 Å². The molecule has 0 aromatic heterocycles. The fraction of sp³-hybridized carbons (Fsp3) is 0.381. The largest absolute Gasteiger partial charge is 0.325 e. The molecule has 1 N–H and O–H groups in total. The third-order valence-electron chi connectivity index (χ3n) is 5.28. The zero-order valence-corrected chi connectivity index (χ0v) is 20.6. The predicted molar refractivity (Wildman–Crippen MR) is 125 cm³/mol. The van der Waals surface area contributed by atoms with Crippen molar-refractivity contribution in [3.05, 3.63) is 56.0 Å². The Morgan fingerprint density at radius 1 is 1.27 bits per heavy atom. The number of hydrogen-bond acceptors (Lipinski definition) is 3. The Hall–Kier alpha value is -1.12. The zero-order valence-electron chi connectivity index (χ0n) is 16.7. The van der Waals surface area contributed by atoms with Gasteiger partial charge in [-0.05, 0) is 67.6 Å². The van der Waals surface area contributed by atoms with E-state index in [-0.39, 0.29) is 22.4 Å². The summed E-state index contributed by atoms with van der Waals surface area (Å²) in [4.78, 5) is 13.0. The smallest absolute Gasteiger partial charge is 0.244 e. The molecule has 1 aliphatic rings. The Kier molecular flexibility index (Phi) is 7.51. The van der Waals surface area contributed by atoms with Crippen LogP contribution in [-0.4, -0.2) is 31.7 Å². The molecule has 0 unspecified atom stereocenters. The Balaban J connectivity index is 1.81. The third kappa shape index (κ3) is 5.02. The van der Waals surface area contributed by atoms with Crippen LogP contribution in [0, 0.1) is 12.8 Å². The van der Waals surface area contributed by atoms with E-state index in [0.29, 0.717) is 24.4 Å². The van der Waals surface area contributed by atoms with E-state index in [4.69, 9.17) is 23.2 Å². The first-order valence-corrected chi connectivity index (χ1v) is 12.7. The summed E-state index contributed by atoms with van der Waals surface area (Å²) in [5, 5.41) is 3.44. The number of nitrogens with one attached hydrogen (secondary N) is 1. The lowest BCUT2D eigenvalue weighted by atomic mass is 9.98. The monoisotopic (exact) mass is 532 g/mol. The molecule has 30 heavy (non-hydrogen) atoms. The van der Waals surface area contributed by atoms with Gasteiger partial charge in [0.1, 0.15) is 4.90 Å². The number of sulfonamides is 1. The van der Waals surface area contributed by atoms with Gasteiger partial charge in [-0.3, -0.25) is 4.79 Å². The highest BCUT2D eigenvalue weighted by Crippen LogP contribution is 2.32. The number of anilines is 1. The van der Waals surface area contributed by atoms with Crippen LogP contribution >= 0.6 is 39.1 Å². The topological polar surface area (TPSA) is 66.5 Å². The minimum Gasteiger partial charge on any atom is -0.325 e. The van der Waals surface area contributed by atoms with Crippen molar-refractivity contribution in [1.29, 1.82) is 0 Å². The highest BCUT2D eigenvalue weighted by molar-refractivity contribution is 9.10. The van der Waals surface area contributed by atoms with Crippen LogP contribution < -0.4 is 5.32 Å². The molecule has 1 saturated heterocycles. The lowest BCUT2D eigenvalue weighted by molar-refractivity contribution is -0.120. The molecule has 1 fully saturated rings. The third-order valence-corrected chi connectivity index (χ3v) is 8.32. The number of amides is 1. The van der Waals surface area contributed by atoms with E-state index >= 15 is 0 Å². The number of aryl methyl sites for hydroxylation is 2. The SMILES string of the molecule is CCc1cc(Br)cc(C)c1NC(=O)[C@H]1CCCN(S(=O)(=O)c2cc(Cl)ccc2Cl)C1. The summed E-state index contributed by atoms with van der Waals surface area (Å²) in [5.74, 6) is -0.619. The lowest BCUT2D eigenvalue weighted by Crippen LogP contribution is -2.43. The summed E-state index contributed by atoms with van der Waals surface area (Å²) in [7, 11) is -3.85.